The molecule has 9 aromatic carbocycles. The quantitative estimate of drug-likeness (QED) is 0.00805. The first-order valence-corrected chi connectivity index (χ1v) is 46.6. The fourth-order valence-electron chi connectivity index (χ4n) is 13.3. The van der Waals surface area contributed by atoms with Gasteiger partial charge in [0.15, 0.2) is 11.5 Å². The summed E-state index contributed by atoms with van der Waals surface area (Å²) in [6.07, 6.45) is 8.13. The average Bonchev–Trinajstić information content (AvgIpc) is 0.870. The number of ether oxygens (including phenoxy) is 2. The standard InChI is InChI=1S/C24H30N2O5.2C21H25N3O5.C20H25N3O3.C20H24N2O4/c1-3-26(31-17-19-6-5-7-20(16-19)24(29)30-4-2)23(28)15-14-22(27)13-10-18-8-11-21(25)12-9-18;1-2-23(29-15-17-5-10-19(11-6-17)24(27)28)21(26)14-13-20(25)12-7-16-3-8-18(22)9-4-16;1-2-23(29-15-17-4-3-5-19(14-17)24(27)28)21(26)13-12-20(25)11-8-16-6-9-18(22)10-7-16;1-2-23(26-15-18-5-3-4-14-22-18)20(25)13-12-19(24)11-8-16-6-9-17(21)10-7-16;1-26-18-4-2-3-15(20(18)25)13-22-19(24)12-11-17(23)10-7-14-5-8-16(21)9-6-14/h5-9,11-12,16H,3-4,10,13-15,17,25H2,1-2H3;3-6,8-11H,2,7,12-15,22H2,1H3;3-7,9-10,14H,2,8,11-13,15,22H2,1H3;3-7,9-10,14H,2,8,11-13,15,21H2,1H3;2-6,8-9,25H,7,10-13,21H2,1H3,(H,22,24). The zero-order valence-electron chi connectivity index (χ0n) is 80.8. The second kappa shape index (κ2) is 63.8. The van der Waals surface area contributed by atoms with Crippen LogP contribution >= 0.6 is 0 Å². The number of carbonyl (C=O) groups is 11. The Kier molecular flexibility index (Phi) is 51.7. The number of non-ortho nitro benzene ring substituents is 2. The summed E-state index contributed by atoms with van der Waals surface area (Å²) in [5, 5.41) is 39.1. The van der Waals surface area contributed by atoms with Crippen LogP contribution < -0.4 is 38.7 Å². The van der Waals surface area contributed by atoms with Gasteiger partial charge in [0.1, 0.15) is 55.3 Å². The highest BCUT2D eigenvalue weighted by Gasteiger charge is 2.22. The Bertz CT molecular complexity index is 5620. The number of para-hydroxylation sites is 1. The van der Waals surface area contributed by atoms with Crippen molar-refractivity contribution in [3.8, 4) is 11.5 Å². The first-order valence-electron chi connectivity index (χ1n) is 46.6. The third kappa shape index (κ3) is 45.6. The van der Waals surface area contributed by atoms with Gasteiger partial charge in [0, 0.05) is 193 Å². The largest absolute Gasteiger partial charge is 0.504 e. The van der Waals surface area contributed by atoms with E-state index in [0.29, 0.717) is 153 Å². The van der Waals surface area contributed by atoms with Crippen molar-refractivity contribution in [3.05, 3.63) is 318 Å². The normalized spacial score (nSPS) is 10.5. The van der Waals surface area contributed by atoms with E-state index in [-0.39, 0.29) is 173 Å². The Labute approximate surface area is 821 Å². The van der Waals surface area contributed by atoms with Gasteiger partial charge in [0.05, 0.1) is 34.8 Å². The molecule has 5 amide bonds. The molecule has 0 aliphatic carbocycles. The molecule has 10 rings (SSSR count). The number of hydroxylamine groups is 8. The SMILES string of the molecule is CCN(OCc1ccc([N+](=O)[O-])cc1)C(=O)CCC(=O)CCc1ccc(N)cc1.CCN(OCc1cccc([N+](=O)[O-])c1)C(=O)CCC(=O)CCc1ccc(N)cc1.CCN(OCc1ccccn1)C(=O)CCC(=O)CCc1ccc(N)cc1.CCOC(=O)c1cccc(CON(CC)C(=O)CCC(=O)CCc2ccc(N)cc2)c1.COc1cccc(CNC(=O)CCC(=O)CCc2ccc(N)cc2)c1O. The van der Waals surface area contributed by atoms with E-state index in [1.807, 2.05) is 116 Å². The summed E-state index contributed by atoms with van der Waals surface area (Å²) in [4.78, 5) is 180. The number of pyridine rings is 1. The number of nitrogens with two attached hydrogens (primary N) is 5. The number of methoxy groups -OCH3 is 1. The van der Waals surface area contributed by atoms with Crippen LogP contribution in [0.3, 0.4) is 0 Å². The maximum Gasteiger partial charge on any atom is 0.338 e. The van der Waals surface area contributed by atoms with Gasteiger partial charge in [0.25, 0.3) is 11.4 Å². The number of aryl methyl sites for hydroxylation is 5. The summed E-state index contributed by atoms with van der Waals surface area (Å²) in [5.41, 5.74) is 40.6. The molecule has 0 bridgehead atoms. The monoisotopic (exact) mass is 1940 g/mol. The number of nitro groups is 2. The molecule has 1 aromatic heterocycles. The molecule has 0 radical (unpaired) electrons. The van der Waals surface area contributed by atoms with Crippen LogP contribution in [-0.2, 0) is 137 Å². The van der Waals surface area contributed by atoms with Crippen molar-refractivity contribution in [2.45, 2.75) is 196 Å². The lowest BCUT2D eigenvalue weighted by atomic mass is 10.0. The van der Waals surface area contributed by atoms with Crippen molar-refractivity contribution in [3.63, 3.8) is 0 Å². The van der Waals surface area contributed by atoms with Crippen molar-refractivity contribution in [1.82, 2.24) is 30.6 Å². The van der Waals surface area contributed by atoms with Gasteiger partial charge in [-0.2, -0.15) is 0 Å². The minimum atomic E-state index is -0.484. The van der Waals surface area contributed by atoms with Gasteiger partial charge in [-0.15, -0.1) is 0 Å². The summed E-state index contributed by atoms with van der Waals surface area (Å²) >= 11 is 0. The maximum absolute atomic E-state index is 12.4. The Morgan fingerprint density at radius 1 is 0.355 bits per heavy atom. The van der Waals surface area contributed by atoms with Crippen molar-refractivity contribution in [2.24, 2.45) is 0 Å². The minimum Gasteiger partial charge on any atom is -0.504 e. The number of ketones is 5. The number of Topliss-reactive ketones (excluding diaryl/α,β-unsaturated/α-hetero) is 5. The van der Waals surface area contributed by atoms with Crippen molar-refractivity contribution in [2.75, 3.05) is 68.6 Å². The highest BCUT2D eigenvalue weighted by molar-refractivity contribution is 5.90. The van der Waals surface area contributed by atoms with E-state index in [9.17, 15) is 78.1 Å². The predicted molar refractivity (Wildman–Crippen MR) is 535 cm³/mol. The maximum atomic E-state index is 12.4. The average molecular weight is 1940 g/mol. The van der Waals surface area contributed by atoms with Crippen LogP contribution in [0.25, 0.3) is 0 Å². The van der Waals surface area contributed by atoms with E-state index in [4.69, 9.17) is 57.5 Å². The van der Waals surface area contributed by atoms with Crippen molar-refractivity contribution < 1.29 is 96.5 Å². The highest BCUT2D eigenvalue weighted by atomic mass is 16.7. The van der Waals surface area contributed by atoms with Gasteiger partial charge in [-0.1, -0.05) is 103 Å². The Morgan fingerprint density at radius 2 is 0.688 bits per heavy atom. The molecule has 0 saturated carbocycles. The molecular weight excluding hydrogens is 1810 g/mol. The molecule has 35 heteroatoms. The lowest BCUT2D eigenvalue weighted by molar-refractivity contribution is -0.385. The molecule has 0 fully saturated rings. The number of amides is 5. The Balaban J connectivity index is 0.000000270. The Hall–Kier alpha value is -15.5. The number of carbonyl (C=O) groups excluding carboxylic acids is 11. The molecule has 0 unspecified atom stereocenters. The van der Waals surface area contributed by atoms with Crippen LogP contribution in [0.1, 0.15) is 197 Å². The number of phenolic OH excluding ortho intramolecular Hbond substituents is 1. The summed E-state index contributed by atoms with van der Waals surface area (Å²) in [7, 11) is 1.47. The number of nitrogens with one attached hydrogen (secondary N) is 1. The molecular formula is C106H129N13O22. The number of benzene rings is 9. The summed E-state index contributed by atoms with van der Waals surface area (Å²) < 4.78 is 10.0. The van der Waals surface area contributed by atoms with Crippen LogP contribution in [0, 0.1) is 20.2 Å². The number of rotatable bonds is 53. The van der Waals surface area contributed by atoms with Gasteiger partial charge in [-0.3, -0.25) is 92.5 Å². The van der Waals surface area contributed by atoms with Crippen LogP contribution in [0.5, 0.6) is 11.5 Å². The fourth-order valence-corrected chi connectivity index (χ4v) is 13.3. The number of phenols is 1. The van der Waals surface area contributed by atoms with Gasteiger partial charge >= 0.3 is 5.97 Å². The number of anilines is 5. The van der Waals surface area contributed by atoms with Crippen LogP contribution in [0.2, 0.25) is 0 Å². The van der Waals surface area contributed by atoms with E-state index < -0.39 is 15.8 Å². The van der Waals surface area contributed by atoms with Gasteiger partial charge < -0.3 is 48.6 Å². The number of aromatic nitrogens is 1. The molecule has 0 atom stereocenters. The molecule has 10 aromatic rings. The first-order chi connectivity index (χ1) is 67.8. The third-order valence-corrected chi connectivity index (χ3v) is 21.5. The van der Waals surface area contributed by atoms with E-state index >= 15 is 0 Å². The van der Waals surface area contributed by atoms with Gasteiger partial charge in [0.2, 0.25) is 29.5 Å². The van der Waals surface area contributed by atoms with Crippen LogP contribution in [0.15, 0.2) is 237 Å². The number of esters is 1. The van der Waals surface area contributed by atoms with Crippen molar-refractivity contribution >= 4 is 104 Å². The highest BCUT2D eigenvalue weighted by Crippen LogP contribution is 2.30. The topological polar surface area (TPSA) is 518 Å². The third-order valence-electron chi connectivity index (χ3n) is 21.5. The number of nitro benzene ring substituents is 2. The second-order valence-corrected chi connectivity index (χ2v) is 32.2. The number of hydrogen-bond acceptors (Lipinski definition) is 28. The van der Waals surface area contributed by atoms with E-state index in [1.54, 1.807) is 131 Å². The molecule has 0 aliphatic rings. The molecule has 0 spiro atoms. The van der Waals surface area contributed by atoms with E-state index in [1.165, 1.54) is 51.6 Å². The van der Waals surface area contributed by atoms with Gasteiger partial charge in [-0.25, -0.2) is 25.0 Å². The van der Waals surface area contributed by atoms with E-state index in [2.05, 4.69) is 10.3 Å². The molecule has 0 aliphatic heterocycles. The number of aromatic hydroxyl groups is 1. The smallest absolute Gasteiger partial charge is 0.338 e. The molecule has 35 nitrogen and oxygen atoms in total. The second-order valence-electron chi connectivity index (χ2n) is 32.2. The summed E-state index contributed by atoms with van der Waals surface area (Å²) in [5.74, 6) is -1.10. The number of hydrogen-bond donors (Lipinski definition) is 7. The molecule has 12 N–H and O–H groups in total. The predicted octanol–water partition coefficient (Wildman–Crippen LogP) is 16.1. The molecule has 141 heavy (non-hydrogen) atoms. The lowest BCUT2D eigenvalue weighted by Gasteiger charge is -2.20. The summed E-state index contributed by atoms with van der Waals surface area (Å²) in [6.45, 7) is 11.3. The van der Waals surface area contributed by atoms with E-state index in [0.717, 1.165) is 39.1 Å². The first kappa shape index (κ1) is 114. The fraction of sp³-hybridized carbons (Fsp3) is 0.340. The molecule has 1 heterocycles. The van der Waals surface area contributed by atoms with Crippen LogP contribution in [0.4, 0.5) is 39.8 Å². The Morgan fingerprint density at radius 3 is 1.03 bits per heavy atom. The number of nitrogen functional groups attached to an aromatic ring is 5. The summed E-state index contributed by atoms with van der Waals surface area (Å²) in [6, 6.07) is 66.5. The zero-order chi connectivity index (χ0) is 103. The number of nitrogens with zero attached hydrogens (tertiary/aromatic N) is 7. The minimum absolute atomic E-state index is 0.00455. The molecule has 750 valence electrons. The van der Waals surface area contributed by atoms with Crippen LogP contribution in [-0.4, -0.2) is 145 Å². The molecule has 0 saturated heterocycles. The van der Waals surface area contributed by atoms with Crippen molar-refractivity contribution in [1.29, 1.82) is 0 Å². The lowest BCUT2D eigenvalue weighted by Crippen LogP contribution is -2.31. The van der Waals surface area contributed by atoms with Gasteiger partial charge in [-0.05, 0) is 214 Å². The zero-order valence-corrected chi connectivity index (χ0v) is 80.8.